The minimum absolute atomic E-state index is 0.0408. The van der Waals surface area contributed by atoms with Crippen LogP contribution >= 0.6 is 0 Å². The van der Waals surface area contributed by atoms with Crippen LogP contribution in [0.3, 0.4) is 0 Å². The molecule has 2 aromatic carbocycles. The van der Waals surface area contributed by atoms with Crippen molar-refractivity contribution in [3.05, 3.63) is 65.2 Å². The number of fused-ring (bicyclic) bond motifs is 4. The molecule has 2 aromatic rings. The Morgan fingerprint density at radius 1 is 1.24 bits per heavy atom. The van der Waals surface area contributed by atoms with E-state index in [2.05, 4.69) is 66.3 Å². The van der Waals surface area contributed by atoms with Gasteiger partial charge >= 0.3 is 0 Å². The molecule has 128 valence electrons. The lowest BCUT2D eigenvalue weighted by molar-refractivity contribution is 0.0514. The number of hydrogen-bond acceptors (Lipinski definition) is 2. The first kappa shape index (κ1) is 16.2. The Hall–Kier alpha value is -2.24. The Balaban J connectivity index is 1.92. The third-order valence-electron chi connectivity index (χ3n) is 6.43. The van der Waals surface area contributed by atoms with Crippen LogP contribution in [0.4, 0.5) is 0 Å². The minimum Gasteiger partial charge on any atom is -0.497 e. The molecule has 0 saturated carbocycles. The first-order chi connectivity index (χ1) is 12.2. The standard InChI is InChI=1S/C23H25NO/c1-4-13-24-14-12-23(19-8-6-5-7-9-19)17(2)22(24)15-18-10-11-20(25-3)16-21(18)23/h1,5-11,16-17,22H,12-15H2,2-3H3. The van der Waals surface area contributed by atoms with Gasteiger partial charge in [0.2, 0.25) is 0 Å². The van der Waals surface area contributed by atoms with Gasteiger partial charge in [0.25, 0.3) is 0 Å². The van der Waals surface area contributed by atoms with Crippen molar-refractivity contribution in [3.63, 3.8) is 0 Å². The lowest BCUT2D eigenvalue weighted by Crippen LogP contribution is -2.59. The molecule has 0 N–H and O–H groups in total. The van der Waals surface area contributed by atoms with Crippen molar-refractivity contribution in [1.29, 1.82) is 0 Å². The summed E-state index contributed by atoms with van der Waals surface area (Å²) in [4.78, 5) is 2.50. The van der Waals surface area contributed by atoms with E-state index in [0.29, 0.717) is 12.0 Å². The van der Waals surface area contributed by atoms with Crippen molar-refractivity contribution < 1.29 is 4.74 Å². The van der Waals surface area contributed by atoms with Crippen LogP contribution in [-0.2, 0) is 11.8 Å². The third kappa shape index (κ3) is 2.38. The highest BCUT2D eigenvalue weighted by Crippen LogP contribution is 2.53. The molecule has 25 heavy (non-hydrogen) atoms. The summed E-state index contributed by atoms with van der Waals surface area (Å²) in [5, 5.41) is 0. The summed E-state index contributed by atoms with van der Waals surface area (Å²) in [6.07, 6.45) is 7.80. The molecular weight excluding hydrogens is 306 g/mol. The molecule has 0 radical (unpaired) electrons. The van der Waals surface area contributed by atoms with Crippen molar-refractivity contribution in [1.82, 2.24) is 4.90 Å². The molecule has 0 aromatic heterocycles. The maximum absolute atomic E-state index is 5.64. The number of nitrogens with zero attached hydrogens (tertiary/aromatic N) is 1. The van der Waals surface area contributed by atoms with Crippen molar-refractivity contribution >= 4 is 0 Å². The maximum Gasteiger partial charge on any atom is 0.119 e. The smallest absolute Gasteiger partial charge is 0.119 e. The summed E-state index contributed by atoms with van der Waals surface area (Å²) in [5.74, 6) is 4.32. The average molecular weight is 331 g/mol. The number of terminal acetylenes is 1. The summed E-state index contributed by atoms with van der Waals surface area (Å²) in [5.41, 5.74) is 4.35. The van der Waals surface area contributed by atoms with E-state index >= 15 is 0 Å². The van der Waals surface area contributed by atoms with E-state index in [-0.39, 0.29) is 5.41 Å². The molecule has 1 saturated heterocycles. The van der Waals surface area contributed by atoms with Gasteiger partial charge in [0, 0.05) is 18.0 Å². The fourth-order valence-electron chi connectivity index (χ4n) is 5.16. The van der Waals surface area contributed by atoms with Gasteiger partial charge in [-0.3, -0.25) is 4.90 Å². The molecule has 0 amide bonds. The molecule has 0 spiro atoms. The minimum atomic E-state index is 0.0408. The van der Waals surface area contributed by atoms with E-state index in [1.807, 2.05) is 0 Å². The van der Waals surface area contributed by atoms with Crippen LogP contribution in [0.25, 0.3) is 0 Å². The first-order valence-corrected chi connectivity index (χ1v) is 9.11. The van der Waals surface area contributed by atoms with E-state index in [1.54, 1.807) is 7.11 Å². The lowest BCUT2D eigenvalue weighted by atomic mass is 9.55. The Bertz CT molecular complexity index is 807. The van der Waals surface area contributed by atoms with Gasteiger partial charge in [-0.2, -0.15) is 0 Å². The Labute approximate surface area is 150 Å². The van der Waals surface area contributed by atoms with Crippen molar-refractivity contribution in [2.24, 2.45) is 5.92 Å². The number of benzene rings is 2. The number of piperidine rings is 1. The molecule has 1 aliphatic carbocycles. The summed E-state index contributed by atoms with van der Waals surface area (Å²) in [7, 11) is 1.75. The summed E-state index contributed by atoms with van der Waals surface area (Å²) < 4.78 is 5.56. The number of ether oxygens (including phenoxy) is 1. The Morgan fingerprint density at radius 3 is 2.76 bits per heavy atom. The Kier molecular flexibility index (Phi) is 4.06. The predicted octanol–water partition coefficient (Wildman–Crippen LogP) is 3.88. The molecule has 4 rings (SSSR count). The summed E-state index contributed by atoms with van der Waals surface area (Å²) in [6, 6.07) is 18.1. The summed E-state index contributed by atoms with van der Waals surface area (Å²) >= 11 is 0. The van der Waals surface area contributed by atoms with Crippen molar-refractivity contribution in [3.8, 4) is 18.1 Å². The van der Waals surface area contributed by atoms with Crippen molar-refractivity contribution in [2.45, 2.75) is 31.2 Å². The molecule has 2 nitrogen and oxygen atoms in total. The lowest BCUT2D eigenvalue weighted by Gasteiger charge is -2.56. The topological polar surface area (TPSA) is 12.5 Å². The van der Waals surface area contributed by atoms with E-state index in [4.69, 9.17) is 11.2 Å². The number of rotatable bonds is 3. The highest BCUT2D eigenvalue weighted by molar-refractivity contribution is 5.51. The van der Waals surface area contributed by atoms with Crippen LogP contribution in [-0.4, -0.2) is 31.1 Å². The molecule has 3 atom stereocenters. The third-order valence-corrected chi connectivity index (χ3v) is 6.43. The van der Waals surface area contributed by atoms with Gasteiger partial charge in [-0.15, -0.1) is 6.42 Å². The quantitative estimate of drug-likeness (QED) is 0.792. The van der Waals surface area contributed by atoms with E-state index < -0.39 is 0 Å². The molecule has 1 fully saturated rings. The molecule has 2 aliphatic rings. The zero-order valence-electron chi connectivity index (χ0n) is 15.0. The molecule has 1 aliphatic heterocycles. The second-order valence-electron chi connectivity index (χ2n) is 7.35. The molecule has 2 heteroatoms. The van der Waals surface area contributed by atoms with E-state index in [0.717, 1.165) is 31.7 Å². The van der Waals surface area contributed by atoms with Crippen LogP contribution in [0.5, 0.6) is 5.75 Å². The summed E-state index contributed by atoms with van der Waals surface area (Å²) in [6.45, 7) is 4.19. The second-order valence-corrected chi connectivity index (χ2v) is 7.35. The molecule has 3 unspecified atom stereocenters. The largest absolute Gasteiger partial charge is 0.497 e. The van der Waals surface area contributed by atoms with Crippen LogP contribution < -0.4 is 4.74 Å². The van der Waals surface area contributed by atoms with Crippen LogP contribution in [0, 0.1) is 18.3 Å². The van der Waals surface area contributed by atoms with Crippen molar-refractivity contribution in [2.75, 3.05) is 20.2 Å². The number of hydrogen-bond donors (Lipinski definition) is 0. The van der Waals surface area contributed by atoms with Crippen LogP contribution in [0.15, 0.2) is 48.5 Å². The second kappa shape index (κ2) is 6.24. The number of likely N-dealkylation sites (tertiary alicyclic amines) is 1. The van der Waals surface area contributed by atoms with Gasteiger partial charge in [-0.05, 0) is 47.6 Å². The van der Waals surface area contributed by atoms with Gasteiger partial charge in [-0.25, -0.2) is 0 Å². The van der Waals surface area contributed by atoms with E-state index in [1.165, 1.54) is 16.7 Å². The highest BCUT2D eigenvalue weighted by Gasteiger charge is 2.52. The molecule has 1 heterocycles. The van der Waals surface area contributed by atoms with Gasteiger partial charge in [-0.1, -0.05) is 49.2 Å². The first-order valence-electron chi connectivity index (χ1n) is 9.11. The SMILES string of the molecule is C#CCN1CCC2(c3ccccc3)c3cc(OC)ccc3CC1C2C. The fraction of sp³-hybridized carbons (Fsp3) is 0.391. The normalized spacial score (nSPS) is 28.0. The highest BCUT2D eigenvalue weighted by atomic mass is 16.5. The molecular formula is C23H25NO. The van der Waals surface area contributed by atoms with Gasteiger partial charge in [0.15, 0.2) is 0 Å². The average Bonchev–Trinajstić information content (AvgIpc) is 2.65. The molecule has 2 bridgehead atoms. The maximum atomic E-state index is 5.64. The van der Waals surface area contributed by atoms with Crippen LogP contribution in [0.1, 0.15) is 30.0 Å². The van der Waals surface area contributed by atoms with Gasteiger partial charge in [0.05, 0.1) is 13.7 Å². The zero-order valence-corrected chi connectivity index (χ0v) is 15.0. The fourth-order valence-corrected chi connectivity index (χ4v) is 5.16. The van der Waals surface area contributed by atoms with Gasteiger partial charge in [0.1, 0.15) is 5.75 Å². The predicted molar refractivity (Wildman–Crippen MR) is 102 cm³/mol. The number of methoxy groups -OCH3 is 1. The Morgan fingerprint density at radius 2 is 2.04 bits per heavy atom. The van der Waals surface area contributed by atoms with E-state index in [9.17, 15) is 0 Å². The monoisotopic (exact) mass is 331 g/mol. The zero-order chi connectivity index (χ0) is 17.4. The van der Waals surface area contributed by atoms with Gasteiger partial charge < -0.3 is 4.74 Å². The van der Waals surface area contributed by atoms with Crippen LogP contribution in [0.2, 0.25) is 0 Å².